The summed E-state index contributed by atoms with van der Waals surface area (Å²) in [7, 11) is 0. The first kappa shape index (κ1) is 26.0. The quantitative estimate of drug-likeness (QED) is 0.271. The molecule has 3 rings (SSSR count). The summed E-state index contributed by atoms with van der Waals surface area (Å²) in [6, 6.07) is 17.1. The molecule has 35 heavy (non-hydrogen) atoms. The van der Waals surface area contributed by atoms with Crippen LogP contribution in [-0.4, -0.2) is 35.7 Å². The average molecular weight is 480 g/mol. The van der Waals surface area contributed by atoms with Crippen molar-refractivity contribution in [3.63, 3.8) is 0 Å². The van der Waals surface area contributed by atoms with Gasteiger partial charge in [-0.05, 0) is 70.9 Å². The molecule has 0 amide bonds. The second-order valence-electron chi connectivity index (χ2n) is 8.86. The molecular weight excluding hydrogens is 446 g/mol. The second-order valence-corrected chi connectivity index (χ2v) is 8.86. The molecule has 0 spiro atoms. The lowest BCUT2D eigenvalue weighted by molar-refractivity contribution is -0.166. The topological polar surface area (TPSA) is 87.9 Å². The Kier molecular flexibility index (Phi) is 9.06. The highest BCUT2D eigenvalue weighted by molar-refractivity contribution is 5.95. The number of nitrogens with zero attached hydrogens (tertiary/aromatic N) is 1. The maximum atomic E-state index is 12.5. The molecule has 0 aliphatic carbocycles. The van der Waals surface area contributed by atoms with Gasteiger partial charge in [0.15, 0.2) is 5.92 Å². The number of carbonyl (C=O) groups is 2. The van der Waals surface area contributed by atoms with E-state index in [1.165, 1.54) is 0 Å². The number of hydrogen-bond donors (Lipinski definition) is 0. The zero-order chi connectivity index (χ0) is 25.4. The van der Waals surface area contributed by atoms with Crippen LogP contribution in [0.3, 0.4) is 0 Å². The van der Waals surface area contributed by atoms with Gasteiger partial charge in [0.25, 0.3) is 0 Å². The van der Waals surface area contributed by atoms with Crippen LogP contribution >= 0.6 is 0 Å². The molecule has 0 aliphatic rings. The van der Waals surface area contributed by atoms with E-state index in [1.54, 1.807) is 27.7 Å². The van der Waals surface area contributed by atoms with Gasteiger partial charge in [0.1, 0.15) is 11.5 Å². The highest BCUT2D eigenvalue weighted by atomic mass is 16.6. The molecule has 0 fully saturated rings. The summed E-state index contributed by atoms with van der Waals surface area (Å²) in [4.78, 5) is 29.6. The third kappa shape index (κ3) is 7.70. The lowest BCUT2D eigenvalue weighted by Gasteiger charge is -2.18. The van der Waals surface area contributed by atoms with Gasteiger partial charge in [0.2, 0.25) is 5.89 Å². The van der Waals surface area contributed by atoms with E-state index in [2.05, 4.69) is 4.98 Å². The summed E-state index contributed by atoms with van der Waals surface area (Å²) in [6.45, 7) is 9.32. The summed E-state index contributed by atoms with van der Waals surface area (Å²) < 4.78 is 22.2. The zero-order valence-corrected chi connectivity index (χ0v) is 20.9. The first-order chi connectivity index (χ1) is 16.7. The molecule has 7 heteroatoms. The van der Waals surface area contributed by atoms with Crippen molar-refractivity contribution in [3.8, 4) is 17.2 Å². The number of ether oxygens (including phenoxy) is 3. The summed E-state index contributed by atoms with van der Waals surface area (Å²) in [5, 5.41) is 0. The Morgan fingerprint density at radius 1 is 0.886 bits per heavy atom. The molecular formula is C28H33NO6. The van der Waals surface area contributed by atoms with E-state index < -0.39 is 17.9 Å². The Balaban J connectivity index is 1.57. The van der Waals surface area contributed by atoms with Crippen molar-refractivity contribution in [1.82, 2.24) is 4.98 Å². The number of carbonyl (C=O) groups excluding carboxylic acids is 2. The van der Waals surface area contributed by atoms with Gasteiger partial charge in [-0.25, -0.2) is 4.98 Å². The van der Waals surface area contributed by atoms with E-state index in [9.17, 15) is 9.59 Å². The second kappa shape index (κ2) is 12.2. The van der Waals surface area contributed by atoms with Crippen LogP contribution in [-0.2, 0) is 31.9 Å². The molecule has 0 N–H and O–H groups in total. The van der Waals surface area contributed by atoms with Crippen LogP contribution in [0.1, 0.15) is 44.7 Å². The molecule has 186 valence electrons. The molecule has 0 saturated heterocycles. The Morgan fingerprint density at radius 2 is 1.49 bits per heavy atom. The zero-order valence-electron chi connectivity index (χ0n) is 20.9. The minimum absolute atomic E-state index is 0.192. The van der Waals surface area contributed by atoms with Gasteiger partial charge in [0, 0.05) is 12.0 Å². The SMILES string of the molecule is Cc1oc(-c2ccccc2)nc1CCOc1ccc(CC(C(=O)OC(C)C)C(=O)OC(C)C)cc1. The van der Waals surface area contributed by atoms with Gasteiger partial charge in [-0.1, -0.05) is 30.3 Å². The van der Waals surface area contributed by atoms with E-state index >= 15 is 0 Å². The van der Waals surface area contributed by atoms with Gasteiger partial charge in [-0.3, -0.25) is 9.59 Å². The minimum Gasteiger partial charge on any atom is -0.493 e. The van der Waals surface area contributed by atoms with Crippen molar-refractivity contribution < 1.29 is 28.2 Å². The van der Waals surface area contributed by atoms with Crippen molar-refractivity contribution in [2.75, 3.05) is 6.61 Å². The number of benzene rings is 2. The van der Waals surface area contributed by atoms with Crippen LogP contribution in [0.4, 0.5) is 0 Å². The number of aromatic nitrogens is 1. The predicted molar refractivity (Wildman–Crippen MR) is 132 cm³/mol. The van der Waals surface area contributed by atoms with Gasteiger partial charge >= 0.3 is 11.9 Å². The van der Waals surface area contributed by atoms with Crippen LogP contribution in [0.15, 0.2) is 59.0 Å². The summed E-state index contributed by atoms with van der Waals surface area (Å²) >= 11 is 0. The first-order valence-electron chi connectivity index (χ1n) is 11.9. The van der Waals surface area contributed by atoms with Gasteiger partial charge < -0.3 is 18.6 Å². The van der Waals surface area contributed by atoms with Crippen LogP contribution in [0.25, 0.3) is 11.5 Å². The Morgan fingerprint density at radius 3 is 2.06 bits per heavy atom. The molecule has 0 radical (unpaired) electrons. The van der Waals surface area contributed by atoms with E-state index in [4.69, 9.17) is 18.6 Å². The molecule has 1 heterocycles. The van der Waals surface area contributed by atoms with Crippen molar-refractivity contribution in [3.05, 3.63) is 71.6 Å². The van der Waals surface area contributed by atoms with E-state index in [0.717, 1.165) is 22.6 Å². The lowest BCUT2D eigenvalue weighted by Crippen LogP contribution is -2.32. The number of esters is 2. The van der Waals surface area contributed by atoms with Gasteiger partial charge in [-0.15, -0.1) is 0 Å². The van der Waals surface area contributed by atoms with Gasteiger partial charge in [-0.2, -0.15) is 0 Å². The summed E-state index contributed by atoms with van der Waals surface area (Å²) in [6.07, 6.45) is 0.167. The van der Waals surface area contributed by atoms with E-state index in [-0.39, 0.29) is 18.6 Å². The molecule has 1 aromatic heterocycles. The molecule has 3 aromatic rings. The smallest absolute Gasteiger partial charge is 0.320 e. The van der Waals surface area contributed by atoms with E-state index in [1.807, 2.05) is 61.5 Å². The van der Waals surface area contributed by atoms with Crippen LogP contribution in [0, 0.1) is 12.8 Å². The fourth-order valence-electron chi connectivity index (χ4n) is 3.48. The monoisotopic (exact) mass is 479 g/mol. The molecule has 2 aromatic carbocycles. The maximum Gasteiger partial charge on any atom is 0.320 e. The molecule has 0 unspecified atom stereocenters. The van der Waals surface area contributed by atoms with Crippen molar-refractivity contribution in [1.29, 1.82) is 0 Å². The van der Waals surface area contributed by atoms with Crippen molar-refractivity contribution >= 4 is 11.9 Å². The normalized spacial score (nSPS) is 11.2. The standard InChI is InChI=1S/C28H33NO6/c1-18(2)33-27(30)24(28(31)34-19(3)4)17-21-11-13-23(14-12-21)32-16-15-25-20(5)35-26(29-25)22-9-7-6-8-10-22/h6-14,18-19,24H,15-17H2,1-5H3. The third-order valence-corrected chi connectivity index (χ3v) is 5.16. The number of hydrogen-bond acceptors (Lipinski definition) is 7. The van der Waals surface area contributed by atoms with Gasteiger partial charge in [0.05, 0.1) is 24.5 Å². The van der Waals surface area contributed by atoms with Crippen molar-refractivity contribution in [2.24, 2.45) is 5.92 Å². The fourth-order valence-corrected chi connectivity index (χ4v) is 3.48. The summed E-state index contributed by atoms with van der Waals surface area (Å²) in [5.41, 5.74) is 2.60. The molecule has 0 saturated carbocycles. The highest BCUT2D eigenvalue weighted by Crippen LogP contribution is 2.22. The fraction of sp³-hybridized carbons (Fsp3) is 0.393. The van der Waals surface area contributed by atoms with Crippen LogP contribution in [0.5, 0.6) is 5.75 Å². The average Bonchev–Trinajstić information content (AvgIpc) is 3.18. The van der Waals surface area contributed by atoms with Crippen LogP contribution < -0.4 is 4.74 Å². The van der Waals surface area contributed by atoms with Crippen molar-refractivity contribution in [2.45, 2.75) is 59.7 Å². The Labute approximate surface area is 206 Å². The molecule has 7 nitrogen and oxygen atoms in total. The molecule has 0 atom stereocenters. The Hall–Kier alpha value is -3.61. The molecule has 0 aliphatic heterocycles. The number of aryl methyl sites for hydroxylation is 1. The first-order valence-corrected chi connectivity index (χ1v) is 11.9. The minimum atomic E-state index is -1.01. The maximum absolute atomic E-state index is 12.5. The third-order valence-electron chi connectivity index (χ3n) is 5.16. The highest BCUT2D eigenvalue weighted by Gasteiger charge is 2.31. The Bertz CT molecular complexity index is 1080. The number of oxazole rings is 1. The van der Waals surface area contributed by atoms with E-state index in [0.29, 0.717) is 24.7 Å². The summed E-state index contributed by atoms with van der Waals surface area (Å²) in [5.74, 6) is -0.114. The largest absolute Gasteiger partial charge is 0.493 e. The van der Waals surface area contributed by atoms with Crippen LogP contribution in [0.2, 0.25) is 0 Å². The predicted octanol–water partition coefficient (Wildman–Crippen LogP) is 5.33. The molecule has 0 bridgehead atoms. The number of rotatable bonds is 11. The lowest BCUT2D eigenvalue weighted by atomic mass is 9.99.